The molecule has 1 heterocycles. The zero-order valence-corrected chi connectivity index (χ0v) is 14.5. The van der Waals surface area contributed by atoms with Crippen LogP contribution >= 0.6 is 0 Å². The van der Waals surface area contributed by atoms with E-state index >= 15 is 0 Å². The number of nitrogens with zero attached hydrogens (tertiary/aromatic N) is 3. The Morgan fingerprint density at radius 2 is 1.93 bits per heavy atom. The molecule has 0 saturated carbocycles. The van der Waals surface area contributed by atoms with E-state index < -0.39 is 4.92 Å². The molecule has 0 bridgehead atoms. The highest BCUT2D eigenvalue weighted by molar-refractivity contribution is 5.87. The van der Waals surface area contributed by atoms with Gasteiger partial charge in [0.05, 0.1) is 16.2 Å². The minimum atomic E-state index is -0.419. The summed E-state index contributed by atoms with van der Waals surface area (Å²) >= 11 is 0. The van der Waals surface area contributed by atoms with E-state index in [0.717, 1.165) is 22.2 Å². The van der Waals surface area contributed by atoms with Crippen LogP contribution in [0.25, 0.3) is 22.6 Å². The van der Waals surface area contributed by atoms with Gasteiger partial charge in [0.25, 0.3) is 5.69 Å². The lowest BCUT2D eigenvalue weighted by atomic mass is 10.2. The summed E-state index contributed by atoms with van der Waals surface area (Å²) in [7, 11) is 0. The SMILES string of the molecule is Cc1ccc2oc(-c3cccc(N=Cc4ccccc4[N+](=O)[O-])c3)nc2c1. The van der Waals surface area contributed by atoms with Gasteiger partial charge in [0.1, 0.15) is 5.52 Å². The predicted molar refractivity (Wildman–Crippen MR) is 105 cm³/mol. The monoisotopic (exact) mass is 357 g/mol. The van der Waals surface area contributed by atoms with Crippen LogP contribution in [0.4, 0.5) is 11.4 Å². The molecule has 0 aliphatic carbocycles. The van der Waals surface area contributed by atoms with Crippen LogP contribution in [-0.2, 0) is 0 Å². The first-order chi connectivity index (χ1) is 13.1. The molecule has 4 rings (SSSR count). The van der Waals surface area contributed by atoms with Crippen LogP contribution in [0.3, 0.4) is 0 Å². The first kappa shape index (κ1) is 16.7. The second-order valence-corrected chi connectivity index (χ2v) is 6.11. The number of hydrogen-bond donors (Lipinski definition) is 0. The average molecular weight is 357 g/mol. The van der Waals surface area contributed by atoms with Crippen molar-refractivity contribution >= 4 is 28.7 Å². The van der Waals surface area contributed by atoms with Crippen LogP contribution in [-0.4, -0.2) is 16.1 Å². The fraction of sp³-hybridized carbons (Fsp3) is 0.0476. The molecule has 0 radical (unpaired) electrons. The van der Waals surface area contributed by atoms with Crippen molar-refractivity contribution in [3.8, 4) is 11.5 Å². The lowest BCUT2D eigenvalue weighted by molar-refractivity contribution is -0.385. The molecule has 6 nitrogen and oxygen atoms in total. The van der Waals surface area contributed by atoms with Gasteiger partial charge < -0.3 is 4.42 Å². The van der Waals surface area contributed by atoms with Crippen LogP contribution in [0.5, 0.6) is 0 Å². The number of aromatic nitrogens is 1. The maximum Gasteiger partial charge on any atom is 0.278 e. The highest BCUT2D eigenvalue weighted by atomic mass is 16.6. The highest BCUT2D eigenvalue weighted by Gasteiger charge is 2.11. The number of aryl methyl sites for hydroxylation is 1. The molecule has 27 heavy (non-hydrogen) atoms. The van der Waals surface area contributed by atoms with E-state index in [1.54, 1.807) is 18.2 Å². The standard InChI is InChI=1S/C21H15N3O3/c1-14-9-10-20-18(11-14)23-21(27-20)15-6-4-7-17(12-15)22-13-16-5-2-3-8-19(16)24(25)26/h2-13H,1H3. The van der Waals surface area contributed by atoms with Gasteiger partial charge in [-0.1, -0.05) is 24.3 Å². The Kier molecular flexibility index (Phi) is 4.22. The van der Waals surface area contributed by atoms with Gasteiger partial charge in [0.15, 0.2) is 5.58 Å². The third-order valence-electron chi connectivity index (χ3n) is 4.12. The van der Waals surface area contributed by atoms with Gasteiger partial charge in [-0.3, -0.25) is 15.1 Å². The summed E-state index contributed by atoms with van der Waals surface area (Å²) in [6.07, 6.45) is 1.49. The van der Waals surface area contributed by atoms with E-state index in [2.05, 4.69) is 9.98 Å². The summed E-state index contributed by atoms with van der Waals surface area (Å²) in [5.41, 5.74) is 4.57. The molecule has 132 valence electrons. The molecule has 4 aromatic rings. The van der Waals surface area contributed by atoms with Gasteiger partial charge >= 0.3 is 0 Å². The first-order valence-electron chi connectivity index (χ1n) is 8.35. The van der Waals surface area contributed by atoms with Crippen molar-refractivity contribution in [2.45, 2.75) is 6.92 Å². The molecule has 3 aromatic carbocycles. The van der Waals surface area contributed by atoms with E-state index in [1.807, 2.05) is 49.4 Å². The second kappa shape index (κ2) is 6.84. The normalized spacial score (nSPS) is 11.3. The highest BCUT2D eigenvalue weighted by Crippen LogP contribution is 2.27. The summed E-state index contributed by atoms with van der Waals surface area (Å²) in [6.45, 7) is 2.01. The first-order valence-corrected chi connectivity index (χ1v) is 8.35. The Labute approximate surface area is 155 Å². The van der Waals surface area contributed by atoms with Crippen LogP contribution in [0.1, 0.15) is 11.1 Å². The molecular weight excluding hydrogens is 342 g/mol. The largest absolute Gasteiger partial charge is 0.436 e. The number of hydrogen-bond acceptors (Lipinski definition) is 5. The molecular formula is C21H15N3O3. The zero-order valence-electron chi connectivity index (χ0n) is 14.5. The predicted octanol–water partition coefficient (Wildman–Crippen LogP) is 5.46. The lowest BCUT2D eigenvalue weighted by Gasteiger charge is -1.99. The number of benzene rings is 3. The number of aliphatic imine (C=N–C) groups is 1. The van der Waals surface area contributed by atoms with Crippen molar-refractivity contribution in [2.24, 2.45) is 4.99 Å². The number of nitro groups is 1. The van der Waals surface area contributed by atoms with Crippen molar-refractivity contribution in [3.05, 3.63) is 88.0 Å². The van der Waals surface area contributed by atoms with Crippen molar-refractivity contribution in [3.63, 3.8) is 0 Å². The number of fused-ring (bicyclic) bond motifs is 1. The lowest BCUT2D eigenvalue weighted by Crippen LogP contribution is -1.93. The topological polar surface area (TPSA) is 81.5 Å². The van der Waals surface area contributed by atoms with Gasteiger partial charge in [-0.2, -0.15) is 0 Å². The Morgan fingerprint density at radius 1 is 1.07 bits per heavy atom. The minimum absolute atomic E-state index is 0.0201. The molecule has 0 saturated heterocycles. The van der Waals surface area contributed by atoms with E-state index in [9.17, 15) is 10.1 Å². The van der Waals surface area contributed by atoms with E-state index in [1.165, 1.54) is 12.3 Å². The Morgan fingerprint density at radius 3 is 2.78 bits per heavy atom. The quantitative estimate of drug-likeness (QED) is 0.276. The molecule has 0 unspecified atom stereocenters. The third kappa shape index (κ3) is 3.46. The Balaban J connectivity index is 1.67. The second-order valence-electron chi connectivity index (χ2n) is 6.11. The summed E-state index contributed by atoms with van der Waals surface area (Å²) < 4.78 is 5.83. The van der Waals surface area contributed by atoms with Crippen molar-refractivity contribution < 1.29 is 9.34 Å². The number of para-hydroxylation sites is 1. The Bertz CT molecular complexity index is 1180. The number of rotatable bonds is 4. The zero-order chi connectivity index (χ0) is 18.8. The molecule has 0 spiro atoms. The fourth-order valence-electron chi connectivity index (χ4n) is 2.79. The van der Waals surface area contributed by atoms with Gasteiger partial charge in [0, 0.05) is 17.8 Å². The maximum absolute atomic E-state index is 11.1. The van der Waals surface area contributed by atoms with Gasteiger partial charge in [0.2, 0.25) is 5.89 Å². The third-order valence-corrected chi connectivity index (χ3v) is 4.12. The van der Waals surface area contributed by atoms with E-state index in [0.29, 0.717) is 17.1 Å². The molecule has 0 atom stereocenters. The van der Waals surface area contributed by atoms with E-state index in [-0.39, 0.29) is 5.69 Å². The average Bonchev–Trinajstić information content (AvgIpc) is 3.10. The van der Waals surface area contributed by atoms with Crippen molar-refractivity contribution in [1.29, 1.82) is 0 Å². The number of nitro benzene ring substituents is 1. The van der Waals surface area contributed by atoms with Crippen LogP contribution in [0.2, 0.25) is 0 Å². The summed E-state index contributed by atoms with van der Waals surface area (Å²) in [5.74, 6) is 0.512. The number of oxazole rings is 1. The smallest absolute Gasteiger partial charge is 0.278 e. The van der Waals surface area contributed by atoms with Crippen molar-refractivity contribution in [1.82, 2.24) is 4.98 Å². The van der Waals surface area contributed by atoms with Gasteiger partial charge in [-0.05, 0) is 48.9 Å². The molecule has 0 aliphatic heterocycles. The molecule has 0 N–H and O–H groups in total. The molecule has 0 aliphatic rings. The van der Waals surface area contributed by atoms with Crippen LogP contribution in [0.15, 0.2) is 76.1 Å². The fourth-order valence-corrected chi connectivity index (χ4v) is 2.79. The Hall–Kier alpha value is -3.80. The molecule has 0 fully saturated rings. The maximum atomic E-state index is 11.1. The summed E-state index contributed by atoms with van der Waals surface area (Å²) in [6, 6.07) is 19.7. The van der Waals surface area contributed by atoms with E-state index in [4.69, 9.17) is 4.42 Å². The minimum Gasteiger partial charge on any atom is -0.436 e. The van der Waals surface area contributed by atoms with Crippen LogP contribution < -0.4 is 0 Å². The summed E-state index contributed by atoms with van der Waals surface area (Å²) in [5, 5.41) is 11.1. The van der Waals surface area contributed by atoms with Crippen molar-refractivity contribution in [2.75, 3.05) is 0 Å². The molecule has 0 amide bonds. The van der Waals surface area contributed by atoms with Gasteiger partial charge in [-0.15, -0.1) is 0 Å². The molecule has 6 heteroatoms. The molecule has 1 aromatic heterocycles. The van der Waals surface area contributed by atoms with Gasteiger partial charge in [-0.25, -0.2) is 4.98 Å². The summed E-state index contributed by atoms with van der Waals surface area (Å²) in [4.78, 5) is 19.6. The van der Waals surface area contributed by atoms with Crippen LogP contribution in [0, 0.1) is 17.0 Å².